The monoisotopic (exact) mass is 522 g/mol. The number of rotatable bonds is 5. The first kappa shape index (κ1) is 23.4. The van der Waals surface area contributed by atoms with Gasteiger partial charge < -0.3 is 9.64 Å². The minimum absolute atomic E-state index is 0.345. The number of methoxy groups -OCH3 is 1. The summed E-state index contributed by atoms with van der Waals surface area (Å²) < 4.78 is 6.08. The molecule has 2 aliphatic rings. The van der Waals surface area contributed by atoms with Crippen LogP contribution >= 0.6 is 15.9 Å². The molecule has 2 aliphatic heterocycles. The van der Waals surface area contributed by atoms with Gasteiger partial charge in [0.15, 0.2) is 5.65 Å². The zero-order valence-electron chi connectivity index (χ0n) is 19.7. The van der Waals surface area contributed by atoms with E-state index in [0.29, 0.717) is 23.8 Å². The van der Waals surface area contributed by atoms with E-state index in [4.69, 9.17) is 9.72 Å². The molecule has 2 saturated heterocycles. The molecule has 2 fully saturated rings. The Hall–Kier alpha value is -2.35. The van der Waals surface area contributed by atoms with Gasteiger partial charge in [0.1, 0.15) is 0 Å². The van der Waals surface area contributed by atoms with Crippen molar-refractivity contribution in [2.24, 2.45) is 0 Å². The maximum atomic E-state index is 13.1. The molecule has 0 aliphatic carbocycles. The number of hydrogen-bond acceptors (Lipinski definition) is 6. The average molecular weight is 523 g/mol. The molecule has 0 amide bonds. The number of nitrogens with zero attached hydrogens (tertiary/aromatic N) is 4. The number of piperidine rings is 2. The van der Waals surface area contributed by atoms with Crippen molar-refractivity contribution in [2.45, 2.75) is 44.7 Å². The molecule has 0 N–H and O–H groups in total. The molecule has 178 valence electrons. The van der Waals surface area contributed by atoms with E-state index >= 15 is 0 Å². The van der Waals surface area contributed by atoms with Crippen molar-refractivity contribution in [3.8, 4) is 11.3 Å². The standard InChI is InChI=1S/C27H31BrN4O2/c1-34-27(33)24-22-16-20(28)17-29-26(22)30-25(19-8-4-2-5-9-19)23(24)18-31-14-10-21(11-15-31)32-12-6-3-7-13-32/h2,4-5,8-9,16-17,21H,3,6-7,10-15,18H2,1H3. The second-order valence-electron chi connectivity index (χ2n) is 9.30. The van der Waals surface area contributed by atoms with Crippen LogP contribution in [0.15, 0.2) is 47.1 Å². The zero-order chi connectivity index (χ0) is 23.5. The van der Waals surface area contributed by atoms with E-state index in [0.717, 1.165) is 39.8 Å². The summed E-state index contributed by atoms with van der Waals surface area (Å²) in [5.74, 6) is -0.345. The van der Waals surface area contributed by atoms with Gasteiger partial charge in [-0.05, 0) is 73.9 Å². The van der Waals surface area contributed by atoms with Crippen molar-refractivity contribution in [1.29, 1.82) is 0 Å². The number of carbonyl (C=O) groups is 1. The Bertz CT molecular complexity index is 1160. The Balaban J connectivity index is 1.51. The predicted molar refractivity (Wildman–Crippen MR) is 138 cm³/mol. The first-order valence-corrected chi connectivity index (χ1v) is 13.0. The van der Waals surface area contributed by atoms with E-state index in [1.807, 2.05) is 36.4 Å². The smallest absolute Gasteiger partial charge is 0.339 e. The Morgan fingerprint density at radius 3 is 2.53 bits per heavy atom. The van der Waals surface area contributed by atoms with Gasteiger partial charge >= 0.3 is 5.97 Å². The average Bonchev–Trinajstić information content (AvgIpc) is 2.89. The van der Waals surface area contributed by atoms with Crippen LogP contribution in [0.1, 0.15) is 48.0 Å². The van der Waals surface area contributed by atoms with Gasteiger partial charge in [0.05, 0.1) is 18.4 Å². The number of ether oxygens (including phenoxy) is 1. The molecule has 0 unspecified atom stereocenters. The summed E-state index contributed by atoms with van der Waals surface area (Å²) in [6.07, 6.45) is 8.08. The highest BCUT2D eigenvalue weighted by atomic mass is 79.9. The van der Waals surface area contributed by atoms with Crippen LogP contribution in [0, 0.1) is 0 Å². The first-order valence-electron chi connectivity index (χ1n) is 12.2. The van der Waals surface area contributed by atoms with Crippen molar-refractivity contribution in [3.63, 3.8) is 0 Å². The molecule has 1 aromatic carbocycles. The second-order valence-corrected chi connectivity index (χ2v) is 10.2. The Morgan fingerprint density at radius 2 is 1.82 bits per heavy atom. The fourth-order valence-corrected chi connectivity index (χ4v) is 5.76. The van der Waals surface area contributed by atoms with E-state index < -0.39 is 0 Å². The third kappa shape index (κ3) is 4.88. The van der Waals surface area contributed by atoms with Gasteiger partial charge in [-0.2, -0.15) is 0 Å². The van der Waals surface area contributed by atoms with Gasteiger partial charge in [-0.1, -0.05) is 36.8 Å². The number of fused-ring (bicyclic) bond motifs is 1. The van der Waals surface area contributed by atoms with Gasteiger partial charge in [-0.25, -0.2) is 14.8 Å². The number of benzene rings is 1. The molecule has 3 aromatic rings. The van der Waals surface area contributed by atoms with Crippen molar-refractivity contribution < 1.29 is 9.53 Å². The second kappa shape index (κ2) is 10.5. The minimum Gasteiger partial charge on any atom is -0.465 e. The van der Waals surface area contributed by atoms with Gasteiger partial charge in [-0.3, -0.25) is 4.90 Å². The van der Waals surface area contributed by atoms with Crippen molar-refractivity contribution >= 4 is 32.9 Å². The summed E-state index contributed by atoms with van der Waals surface area (Å²) in [5.41, 5.74) is 3.83. The number of esters is 1. The van der Waals surface area contributed by atoms with Crippen LogP contribution in [0.5, 0.6) is 0 Å². The molecule has 0 spiro atoms. The van der Waals surface area contributed by atoms with Crippen LogP contribution in [-0.2, 0) is 11.3 Å². The van der Waals surface area contributed by atoms with E-state index in [-0.39, 0.29) is 5.97 Å². The summed E-state index contributed by atoms with van der Waals surface area (Å²) in [6, 6.07) is 12.7. The van der Waals surface area contributed by atoms with Crippen molar-refractivity contribution in [1.82, 2.24) is 19.8 Å². The highest BCUT2D eigenvalue weighted by molar-refractivity contribution is 9.10. The van der Waals surface area contributed by atoms with Crippen LogP contribution in [0.3, 0.4) is 0 Å². The lowest BCUT2D eigenvalue weighted by Gasteiger charge is -2.40. The fourth-order valence-electron chi connectivity index (χ4n) is 5.43. The molecule has 0 radical (unpaired) electrons. The maximum absolute atomic E-state index is 13.1. The molecular formula is C27H31BrN4O2. The zero-order valence-corrected chi connectivity index (χ0v) is 21.3. The van der Waals surface area contributed by atoms with Crippen LogP contribution < -0.4 is 0 Å². The van der Waals surface area contributed by atoms with Crippen LogP contribution in [-0.4, -0.2) is 65.1 Å². The highest BCUT2D eigenvalue weighted by Crippen LogP contribution is 2.33. The molecule has 0 bridgehead atoms. The largest absolute Gasteiger partial charge is 0.465 e. The number of carbonyl (C=O) groups excluding carboxylic acids is 1. The molecule has 6 nitrogen and oxygen atoms in total. The molecule has 0 atom stereocenters. The topological polar surface area (TPSA) is 58.6 Å². The van der Waals surface area contributed by atoms with Crippen LogP contribution in [0.25, 0.3) is 22.3 Å². The molecule has 5 rings (SSSR count). The minimum atomic E-state index is -0.345. The Labute approximate surface area is 209 Å². The van der Waals surface area contributed by atoms with E-state index in [2.05, 4.69) is 30.7 Å². The summed E-state index contributed by atoms with van der Waals surface area (Å²) >= 11 is 3.51. The van der Waals surface area contributed by atoms with Crippen LogP contribution in [0.4, 0.5) is 0 Å². The predicted octanol–water partition coefficient (Wildman–Crippen LogP) is 5.30. The lowest BCUT2D eigenvalue weighted by molar-refractivity contribution is 0.0598. The summed E-state index contributed by atoms with van der Waals surface area (Å²) in [5, 5.41) is 0.721. The van der Waals surface area contributed by atoms with Crippen molar-refractivity contribution in [3.05, 3.63) is 58.2 Å². The van der Waals surface area contributed by atoms with Crippen LogP contribution in [0.2, 0.25) is 0 Å². The number of aromatic nitrogens is 2. The van der Waals surface area contributed by atoms with Gasteiger partial charge in [0.2, 0.25) is 0 Å². The first-order chi connectivity index (χ1) is 16.6. The molecule has 2 aromatic heterocycles. The number of pyridine rings is 2. The van der Waals surface area contributed by atoms with E-state index in [1.165, 1.54) is 52.3 Å². The Kier molecular flexibility index (Phi) is 7.23. The summed E-state index contributed by atoms with van der Waals surface area (Å²) in [7, 11) is 1.44. The normalized spacial score (nSPS) is 18.3. The maximum Gasteiger partial charge on any atom is 0.339 e. The summed E-state index contributed by atoms with van der Waals surface area (Å²) in [4.78, 5) is 27.7. The van der Waals surface area contributed by atoms with E-state index in [1.54, 1.807) is 6.20 Å². The van der Waals surface area contributed by atoms with Gasteiger partial charge in [0.25, 0.3) is 0 Å². The molecule has 7 heteroatoms. The van der Waals surface area contributed by atoms with Gasteiger partial charge in [0, 0.05) is 39.8 Å². The third-order valence-corrected chi connectivity index (χ3v) is 7.62. The SMILES string of the molecule is COC(=O)c1c(CN2CCC(N3CCCCC3)CC2)c(-c2ccccc2)nc2ncc(Br)cc12. The molecule has 34 heavy (non-hydrogen) atoms. The molecule has 4 heterocycles. The van der Waals surface area contributed by atoms with E-state index in [9.17, 15) is 4.79 Å². The number of likely N-dealkylation sites (tertiary alicyclic amines) is 2. The quantitative estimate of drug-likeness (QED) is 0.424. The summed E-state index contributed by atoms with van der Waals surface area (Å²) in [6.45, 7) is 5.18. The Morgan fingerprint density at radius 1 is 1.09 bits per heavy atom. The van der Waals surface area contributed by atoms with Gasteiger partial charge in [-0.15, -0.1) is 0 Å². The molecule has 0 saturated carbocycles. The fraction of sp³-hybridized carbons (Fsp3) is 0.444. The number of hydrogen-bond donors (Lipinski definition) is 0. The number of halogens is 1. The lowest BCUT2D eigenvalue weighted by atomic mass is 9.95. The third-order valence-electron chi connectivity index (χ3n) is 7.19. The highest BCUT2D eigenvalue weighted by Gasteiger charge is 2.29. The van der Waals surface area contributed by atoms with Crippen molar-refractivity contribution in [2.75, 3.05) is 33.3 Å². The molecular weight excluding hydrogens is 492 g/mol. The lowest BCUT2D eigenvalue weighted by Crippen LogP contribution is -2.46.